The van der Waals surface area contributed by atoms with Crippen LogP contribution in [0, 0.1) is 0 Å². The minimum Gasteiger partial charge on any atom is -0.506 e. The summed E-state index contributed by atoms with van der Waals surface area (Å²) in [4.78, 5) is 9.53. The van der Waals surface area contributed by atoms with Gasteiger partial charge in [-0.25, -0.2) is 4.99 Å². The topological polar surface area (TPSA) is 45.1 Å². The van der Waals surface area contributed by atoms with Crippen LogP contribution < -0.4 is 0 Å². The second-order valence-corrected chi connectivity index (χ2v) is 7.05. The molecular formula is C16H11Br2F3N2O2. The van der Waals surface area contributed by atoms with E-state index >= 15 is 0 Å². The van der Waals surface area contributed by atoms with Gasteiger partial charge in [-0.15, -0.1) is 5.06 Å². The third-order valence-electron chi connectivity index (χ3n) is 3.59. The summed E-state index contributed by atoms with van der Waals surface area (Å²) in [6.07, 6.45) is -3.69. The van der Waals surface area contributed by atoms with Gasteiger partial charge in [0.1, 0.15) is 5.75 Å². The van der Waals surface area contributed by atoms with Crippen molar-refractivity contribution in [2.24, 2.45) is 4.99 Å². The summed E-state index contributed by atoms with van der Waals surface area (Å²) < 4.78 is 39.5. The Morgan fingerprint density at radius 3 is 2.48 bits per heavy atom. The Hall–Kier alpha value is -1.58. The van der Waals surface area contributed by atoms with Gasteiger partial charge in [0.2, 0.25) is 0 Å². The standard InChI is InChI=1S/C16H11Br2F3N2O2/c17-12-5-10(6-13(18)14(12)24)15-22-8-25-23(15)7-9-2-1-3-11(4-9)16(19,20)21/h1-6,8,15,24H,7H2. The molecule has 0 saturated carbocycles. The number of aromatic hydroxyl groups is 1. The Labute approximate surface area is 158 Å². The maximum atomic E-state index is 12.8. The fourth-order valence-electron chi connectivity index (χ4n) is 2.41. The van der Waals surface area contributed by atoms with E-state index in [1.54, 1.807) is 18.2 Å². The zero-order valence-corrected chi connectivity index (χ0v) is 15.6. The van der Waals surface area contributed by atoms with Crippen LogP contribution in [0.15, 0.2) is 50.3 Å². The third kappa shape index (κ3) is 3.99. The molecule has 0 bridgehead atoms. The van der Waals surface area contributed by atoms with E-state index in [-0.39, 0.29) is 12.3 Å². The molecule has 132 valence electrons. The molecule has 0 saturated heterocycles. The van der Waals surface area contributed by atoms with E-state index in [4.69, 9.17) is 4.84 Å². The van der Waals surface area contributed by atoms with Crippen molar-refractivity contribution >= 4 is 38.3 Å². The summed E-state index contributed by atoms with van der Waals surface area (Å²) in [6.45, 7) is 0.116. The molecule has 4 nitrogen and oxygen atoms in total. The molecule has 0 fully saturated rings. The average molecular weight is 480 g/mol. The summed E-state index contributed by atoms with van der Waals surface area (Å²) in [7, 11) is 0. The highest BCUT2D eigenvalue weighted by Crippen LogP contribution is 2.38. The van der Waals surface area contributed by atoms with E-state index in [2.05, 4.69) is 36.9 Å². The largest absolute Gasteiger partial charge is 0.506 e. The van der Waals surface area contributed by atoms with E-state index in [0.29, 0.717) is 20.1 Å². The lowest BCUT2D eigenvalue weighted by atomic mass is 10.1. The van der Waals surface area contributed by atoms with Gasteiger partial charge >= 0.3 is 6.18 Å². The first-order valence-corrected chi connectivity index (χ1v) is 8.63. The van der Waals surface area contributed by atoms with Crippen LogP contribution in [0.1, 0.15) is 22.9 Å². The maximum absolute atomic E-state index is 12.8. The molecule has 0 aliphatic carbocycles. The van der Waals surface area contributed by atoms with E-state index in [9.17, 15) is 18.3 Å². The summed E-state index contributed by atoms with van der Waals surface area (Å²) in [5, 5.41) is 11.3. The molecule has 25 heavy (non-hydrogen) atoms. The lowest BCUT2D eigenvalue weighted by Gasteiger charge is -2.22. The number of nitrogens with zero attached hydrogens (tertiary/aromatic N) is 2. The zero-order valence-electron chi connectivity index (χ0n) is 12.5. The predicted molar refractivity (Wildman–Crippen MR) is 92.8 cm³/mol. The normalized spacial score (nSPS) is 17.7. The molecule has 9 heteroatoms. The predicted octanol–water partition coefficient (Wildman–Crippen LogP) is 5.41. The van der Waals surface area contributed by atoms with E-state index in [0.717, 1.165) is 12.1 Å². The Bertz CT molecular complexity index is 804. The third-order valence-corrected chi connectivity index (χ3v) is 4.80. The smallest absolute Gasteiger partial charge is 0.416 e. The number of rotatable bonds is 3. The molecule has 1 heterocycles. The van der Waals surface area contributed by atoms with Gasteiger partial charge in [-0.2, -0.15) is 13.2 Å². The van der Waals surface area contributed by atoms with Gasteiger partial charge in [0.15, 0.2) is 12.6 Å². The first kappa shape index (κ1) is 18.2. The molecule has 0 aromatic heterocycles. The van der Waals surface area contributed by atoms with Crippen LogP contribution in [0.25, 0.3) is 0 Å². The number of alkyl halides is 3. The van der Waals surface area contributed by atoms with Crippen LogP contribution in [0.2, 0.25) is 0 Å². The highest BCUT2D eigenvalue weighted by molar-refractivity contribution is 9.11. The molecule has 1 N–H and O–H groups in total. The zero-order chi connectivity index (χ0) is 18.2. The van der Waals surface area contributed by atoms with Crippen LogP contribution >= 0.6 is 31.9 Å². The van der Waals surface area contributed by atoms with Crippen molar-refractivity contribution in [3.05, 3.63) is 62.0 Å². The van der Waals surface area contributed by atoms with Gasteiger partial charge in [-0.05, 0) is 61.2 Å². The van der Waals surface area contributed by atoms with Crippen molar-refractivity contribution in [1.82, 2.24) is 5.06 Å². The van der Waals surface area contributed by atoms with Crippen LogP contribution in [-0.4, -0.2) is 16.6 Å². The summed E-state index contributed by atoms with van der Waals surface area (Å²) in [5.41, 5.74) is 0.441. The van der Waals surface area contributed by atoms with E-state index < -0.39 is 17.9 Å². The molecule has 1 aliphatic heterocycles. The SMILES string of the molecule is Oc1c(Br)cc(C2N=CON2Cc2cccc(C(F)(F)F)c2)cc1Br. The van der Waals surface area contributed by atoms with Gasteiger partial charge in [-0.3, -0.25) is 0 Å². The first-order chi connectivity index (χ1) is 11.8. The summed E-state index contributed by atoms with van der Waals surface area (Å²) in [5.74, 6) is 0.0519. The number of aliphatic imine (C=N–C) groups is 1. The van der Waals surface area contributed by atoms with Crippen molar-refractivity contribution in [2.75, 3.05) is 0 Å². The maximum Gasteiger partial charge on any atom is 0.416 e. The van der Waals surface area contributed by atoms with Crippen LogP contribution in [0.4, 0.5) is 13.2 Å². The first-order valence-electron chi connectivity index (χ1n) is 7.05. The number of halogens is 5. The molecule has 1 aliphatic rings. The van der Waals surface area contributed by atoms with Crippen LogP contribution in [-0.2, 0) is 17.6 Å². The number of hydroxylamine groups is 2. The number of phenols is 1. The molecular weight excluding hydrogens is 469 g/mol. The van der Waals surface area contributed by atoms with Crippen molar-refractivity contribution in [2.45, 2.75) is 18.9 Å². The minimum absolute atomic E-state index is 0.0519. The molecule has 0 amide bonds. The van der Waals surface area contributed by atoms with E-state index in [1.807, 2.05) is 0 Å². The number of benzene rings is 2. The fraction of sp³-hybridized carbons (Fsp3) is 0.188. The highest BCUT2D eigenvalue weighted by Gasteiger charge is 2.31. The Kier molecular flexibility index (Phi) is 5.08. The van der Waals surface area contributed by atoms with Crippen LogP contribution in [0.5, 0.6) is 5.75 Å². The van der Waals surface area contributed by atoms with Crippen molar-refractivity contribution < 1.29 is 23.1 Å². The number of phenolic OH excluding ortho intramolecular Hbond substituents is 1. The molecule has 2 aromatic rings. The molecule has 1 unspecified atom stereocenters. The molecule has 0 spiro atoms. The summed E-state index contributed by atoms with van der Waals surface area (Å²) >= 11 is 6.49. The monoisotopic (exact) mass is 478 g/mol. The Morgan fingerprint density at radius 1 is 1.16 bits per heavy atom. The average Bonchev–Trinajstić information content (AvgIpc) is 2.99. The molecule has 0 radical (unpaired) electrons. The van der Waals surface area contributed by atoms with Crippen molar-refractivity contribution in [3.63, 3.8) is 0 Å². The van der Waals surface area contributed by atoms with Gasteiger partial charge in [0.05, 0.1) is 21.1 Å². The lowest BCUT2D eigenvalue weighted by Crippen LogP contribution is -2.22. The molecule has 1 atom stereocenters. The summed E-state index contributed by atoms with van der Waals surface area (Å²) in [6, 6.07) is 8.41. The second kappa shape index (κ2) is 6.97. The quantitative estimate of drug-likeness (QED) is 0.640. The molecule has 3 rings (SSSR count). The van der Waals surface area contributed by atoms with Gasteiger partial charge in [0.25, 0.3) is 0 Å². The Morgan fingerprint density at radius 2 is 1.84 bits per heavy atom. The highest BCUT2D eigenvalue weighted by atomic mass is 79.9. The van der Waals surface area contributed by atoms with Crippen molar-refractivity contribution in [3.8, 4) is 5.75 Å². The van der Waals surface area contributed by atoms with Gasteiger partial charge in [0, 0.05) is 0 Å². The van der Waals surface area contributed by atoms with Crippen LogP contribution in [0.3, 0.4) is 0 Å². The van der Waals surface area contributed by atoms with Gasteiger partial charge in [-0.1, -0.05) is 18.2 Å². The fourth-order valence-corrected chi connectivity index (χ4v) is 3.64. The minimum atomic E-state index is -4.40. The number of hydrogen-bond acceptors (Lipinski definition) is 4. The van der Waals surface area contributed by atoms with Crippen molar-refractivity contribution in [1.29, 1.82) is 0 Å². The second-order valence-electron chi connectivity index (χ2n) is 5.34. The Balaban J connectivity index is 1.84. The molecule has 2 aromatic carbocycles. The number of hydrogen-bond donors (Lipinski definition) is 1. The van der Waals surface area contributed by atoms with Gasteiger partial charge < -0.3 is 9.94 Å². The lowest BCUT2D eigenvalue weighted by molar-refractivity contribution is -0.137. The van der Waals surface area contributed by atoms with E-state index in [1.165, 1.54) is 17.5 Å².